The smallest absolute Gasteiger partial charge is 0.327 e. The molecule has 0 amide bonds. The minimum atomic E-state index is -0.475. The van der Waals surface area contributed by atoms with Crippen LogP contribution in [-0.4, -0.2) is 4.92 Å². The van der Waals surface area contributed by atoms with Crippen LogP contribution in [0.25, 0.3) is 0 Å². The van der Waals surface area contributed by atoms with E-state index in [0.29, 0.717) is 20.9 Å². The fraction of sp³-hybridized carbons (Fsp3) is 0. The molecule has 0 N–H and O–H groups in total. The van der Waals surface area contributed by atoms with Crippen molar-refractivity contribution in [3.8, 4) is 10.8 Å². The predicted molar refractivity (Wildman–Crippen MR) is 67.5 cm³/mol. The maximum absolute atomic E-state index is 10.5. The lowest BCUT2D eigenvalue weighted by molar-refractivity contribution is -0.380. The van der Waals surface area contributed by atoms with Crippen molar-refractivity contribution in [2.45, 2.75) is 0 Å². The third-order valence-corrected chi connectivity index (χ3v) is 3.31. The summed E-state index contributed by atoms with van der Waals surface area (Å²) >= 11 is 12.6. The highest BCUT2D eigenvalue weighted by molar-refractivity contribution is 7.17. The van der Waals surface area contributed by atoms with Gasteiger partial charge in [0.1, 0.15) is 5.75 Å². The van der Waals surface area contributed by atoms with Crippen LogP contribution in [0.1, 0.15) is 0 Å². The van der Waals surface area contributed by atoms with Crippen molar-refractivity contribution in [1.29, 1.82) is 0 Å². The number of rotatable bonds is 3. The van der Waals surface area contributed by atoms with Gasteiger partial charge in [0, 0.05) is 17.2 Å². The van der Waals surface area contributed by atoms with Crippen LogP contribution >= 0.6 is 34.5 Å². The Labute approximate surface area is 111 Å². The molecule has 1 aromatic heterocycles. The molecule has 0 bridgehead atoms. The first-order valence-electron chi connectivity index (χ1n) is 4.43. The zero-order chi connectivity index (χ0) is 12.4. The molecule has 0 aliphatic rings. The molecule has 0 radical (unpaired) electrons. The highest BCUT2D eigenvalue weighted by Crippen LogP contribution is 2.37. The number of hydrogen-bond acceptors (Lipinski definition) is 4. The monoisotopic (exact) mass is 289 g/mol. The fourth-order valence-corrected chi connectivity index (χ4v) is 2.13. The van der Waals surface area contributed by atoms with Crippen molar-refractivity contribution in [1.82, 2.24) is 0 Å². The number of benzene rings is 1. The topological polar surface area (TPSA) is 52.4 Å². The number of hydrogen-bond donors (Lipinski definition) is 0. The molecule has 0 fully saturated rings. The Hall–Kier alpha value is -1.30. The molecule has 2 aromatic rings. The lowest BCUT2D eigenvalue weighted by Crippen LogP contribution is -1.82. The van der Waals surface area contributed by atoms with Crippen LogP contribution in [0.2, 0.25) is 10.0 Å². The third kappa shape index (κ3) is 2.88. The summed E-state index contributed by atoms with van der Waals surface area (Å²) in [6.07, 6.45) is 0. The van der Waals surface area contributed by atoms with Gasteiger partial charge in [-0.1, -0.05) is 23.2 Å². The summed E-state index contributed by atoms with van der Waals surface area (Å²) in [7, 11) is 0. The second-order valence-electron chi connectivity index (χ2n) is 3.03. The van der Waals surface area contributed by atoms with E-state index in [9.17, 15) is 10.1 Å². The van der Waals surface area contributed by atoms with Gasteiger partial charge in [-0.25, -0.2) is 0 Å². The molecule has 0 saturated carbocycles. The Morgan fingerprint density at radius 3 is 2.65 bits per heavy atom. The molecular formula is C10H5Cl2NO3S. The van der Waals surface area contributed by atoms with Gasteiger partial charge in [-0.15, -0.1) is 0 Å². The number of nitro groups is 1. The molecule has 0 atom stereocenters. The Morgan fingerprint density at radius 2 is 2.00 bits per heavy atom. The van der Waals surface area contributed by atoms with Gasteiger partial charge in [-0.3, -0.25) is 10.1 Å². The first-order valence-corrected chi connectivity index (χ1v) is 6.00. The van der Waals surface area contributed by atoms with Crippen molar-refractivity contribution in [3.05, 3.63) is 50.5 Å². The standard InChI is InChI=1S/C10H5Cl2NO3S/c11-6-1-2-7(12)8(5-6)16-10-4-3-9(17-10)13(14)15/h1-5H. The molecule has 0 saturated heterocycles. The molecule has 1 heterocycles. The van der Waals surface area contributed by atoms with Crippen LogP contribution in [0.15, 0.2) is 30.3 Å². The summed E-state index contributed by atoms with van der Waals surface area (Å²) in [6, 6.07) is 7.67. The Bertz CT molecular complexity index is 570. The van der Waals surface area contributed by atoms with E-state index in [0.717, 1.165) is 11.3 Å². The Balaban J connectivity index is 2.25. The maximum Gasteiger partial charge on any atom is 0.327 e. The van der Waals surface area contributed by atoms with Crippen molar-refractivity contribution in [2.24, 2.45) is 0 Å². The van der Waals surface area contributed by atoms with Crippen molar-refractivity contribution in [3.63, 3.8) is 0 Å². The van der Waals surface area contributed by atoms with Crippen LogP contribution < -0.4 is 4.74 Å². The minimum absolute atomic E-state index is 0.0122. The van der Waals surface area contributed by atoms with E-state index in [1.807, 2.05) is 0 Å². The highest BCUT2D eigenvalue weighted by Gasteiger charge is 2.12. The van der Waals surface area contributed by atoms with E-state index in [-0.39, 0.29) is 5.00 Å². The zero-order valence-electron chi connectivity index (χ0n) is 8.22. The Kier molecular flexibility index (Phi) is 3.51. The summed E-state index contributed by atoms with van der Waals surface area (Å²) < 4.78 is 5.42. The number of halogens is 2. The van der Waals surface area contributed by atoms with E-state index < -0.39 is 4.92 Å². The SMILES string of the molecule is O=[N+]([O-])c1ccc(Oc2cc(Cl)ccc2Cl)s1. The van der Waals surface area contributed by atoms with Gasteiger partial charge in [-0.2, -0.15) is 0 Å². The van der Waals surface area contributed by atoms with Gasteiger partial charge in [0.25, 0.3) is 0 Å². The molecule has 2 rings (SSSR count). The number of thiophene rings is 1. The molecule has 0 unspecified atom stereocenters. The molecule has 0 spiro atoms. The van der Waals surface area contributed by atoms with Crippen LogP contribution in [0.4, 0.5) is 5.00 Å². The molecule has 4 nitrogen and oxygen atoms in total. The van der Waals surface area contributed by atoms with Gasteiger partial charge >= 0.3 is 5.00 Å². The van der Waals surface area contributed by atoms with Gasteiger partial charge in [-0.05, 0) is 29.5 Å². The van der Waals surface area contributed by atoms with Crippen LogP contribution in [0, 0.1) is 10.1 Å². The lowest BCUT2D eigenvalue weighted by atomic mass is 10.3. The first-order chi connectivity index (χ1) is 8.06. The van der Waals surface area contributed by atoms with Crippen LogP contribution in [0.5, 0.6) is 10.8 Å². The average molecular weight is 290 g/mol. The summed E-state index contributed by atoms with van der Waals surface area (Å²) in [4.78, 5) is 10.0. The molecule has 0 aliphatic heterocycles. The van der Waals surface area contributed by atoms with E-state index >= 15 is 0 Å². The zero-order valence-corrected chi connectivity index (χ0v) is 10.6. The molecule has 0 aliphatic carbocycles. The fourth-order valence-electron chi connectivity index (χ4n) is 1.13. The molecular weight excluding hydrogens is 285 g/mol. The molecule has 7 heteroatoms. The number of ether oxygens (including phenoxy) is 1. The third-order valence-electron chi connectivity index (χ3n) is 1.85. The Morgan fingerprint density at radius 1 is 1.24 bits per heavy atom. The van der Waals surface area contributed by atoms with Gasteiger partial charge in [0.05, 0.1) is 9.95 Å². The minimum Gasteiger partial charge on any atom is -0.445 e. The van der Waals surface area contributed by atoms with Crippen LogP contribution in [-0.2, 0) is 0 Å². The van der Waals surface area contributed by atoms with Crippen molar-refractivity contribution < 1.29 is 9.66 Å². The molecule has 88 valence electrons. The average Bonchev–Trinajstić information content (AvgIpc) is 2.72. The quantitative estimate of drug-likeness (QED) is 0.605. The second-order valence-corrected chi connectivity index (χ2v) is 4.89. The molecule has 1 aromatic carbocycles. The highest BCUT2D eigenvalue weighted by atomic mass is 35.5. The van der Waals surface area contributed by atoms with E-state index in [4.69, 9.17) is 27.9 Å². The summed E-state index contributed by atoms with van der Waals surface area (Å²) in [5.74, 6) is 0.371. The summed E-state index contributed by atoms with van der Waals surface area (Å²) in [6.45, 7) is 0. The van der Waals surface area contributed by atoms with Crippen molar-refractivity contribution >= 4 is 39.5 Å². The predicted octanol–water partition coefficient (Wildman–Crippen LogP) is 4.76. The van der Waals surface area contributed by atoms with E-state index in [1.54, 1.807) is 18.2 Å². The van der Waals surface area contributed by atoms with Gasteiger partial charge in [0.2, 0.25) is 0 Å². The van der Waals surface area contributed by atoms with Crippen LogP contribution in [0.3, 0.4) is 0 Å². The normalized spacial score (nSPS) is 10.2. The van der Waals surface area contributed by atoms with Gasteiger partial charge < -0.3 is 4.74 Å². The summed E-state index contributed by atoms with van der Waals surface area (Å²) in [5, 5.41) is 11.8. The molecule has 17 heavy (non-hydrogen) atoms. The maximum atomic E-state index is 10.5. The lowest BCUT2D eigenvalue weighted by Gasteiger charge is -2.04. The first kappa shape index (κ1) is 12.2. The second kappa shape index (κ2) is 4.91. The number of nitrogens with zero attached hydrogens (tertiary/aromatic N) is 1. The largest absolute Gasteiger partial charge is 0.445 e. The summed E-state index contributed by atoms with van der Waals surface area (Å²) in [5.41, 5.74) is 0. The van der Waals surface area contributed by atoms with Crippen molar-refractivity contribution in [2.75, 3.05) is 0 Å². The van der Waals surface area contributed by atoms with E-state index in [2.05, 4.69) is 0 Å². The van der Waals surface area contributed by atoms with E-state index in [1.165, 1.54) is 12.1 Å². The van der Waals surface area contributed by atoms with Gasteiger partial charge in [0.15, 0.2) is 5.06 Å².